The van der Waals surface area contributed by atoms with Crippen LogP contribution in [0, 0.1) is 0 Å². The molecule has 0 aliphatic carbocycles. The minimum absolute atomic E-state index is 0.0703. The van der Waals surface area contributed by atoms with Crippen molar-refractivity contribution in [3.8, 4) is 0 Å². The molecule has 0 aliphatic heterocycles. The molecule has 0 spiro atoms. The van der Waals surface area contributed by atoms with Crippen LogP contribution in [0.25, 0.3) is 0 Å². The molecule has 0 saturated heterocycles. The Morgan fingerprint density at radius 2 is 1.74 bits per heavy atom. The first kappa shape index (κ1) is 16.6. The number of hydrogen-bond acceptors (Lipinski definition) is 2. The fourth-order valence-electron chi connectivity index (χ4n) is 2.11. The van der Waals surface area contributed by atoms with Gasteiger partial charge in [-0.3, -0.25) is 4.79 Å². The Hall–Kier alpha value is -0.480. The molecule has 0 radical (unpaired) electrons. The first-order valence-electron chi connectivity index (χ1n) is 6.57. The van der Waals surface area contributed by atoms with E-state index in [-0.39, 0.29) is 23.2 Å². The zero-order chi connectivity index (χ0) is 14.6. The number of thioether (sulfide) groups is 1. The molecule has 0 bridgehead atoms. The second kappa shape index (κ2) is 7.34. The summed E-state index contributed by atoms with van der Waals surface area (Å²) in [6.45, 7) is 10.2. The summed E-state index contributed by atoms with van der Waals surface area (Å²) in [6.07, 6.45) is 0. The van der Waals surface area contributed by atoms with Crippen LogP contribution in [-0.4, -0.2) is 28.1 Å². The van der Waals surface area contributed by atoms with Crippen LogP contribution in [-0.2, 0) is 4.79 Å². The molecule has 106 valence electrons. The fourth-order valence-corrected chi connectivity index (χ4v) is 3.64. The van der Waals surface area contributed by atoms with Crippen LogP contribution >= 0.6 is 27.7 Å². The zero-order valence-corrected chi connectivity index (χ0v) is 14.6. The number of nitrogens with zero attached hydrogens (tertiary/aromatic N) is 1. The molecule has 1 rings (SSSR count). The molecule has 0 aromatic heterocycles. The van der Waals surface area contributed by atoms with E-state index in [0.29, 0.717) is 0 Å². The highest BCUT2D eigenvalue weighted by molar-refractivity contribution is 9.10. The lowest BCUT2D eigenvalue weighted by Gasteiger charge is -2.33. The summed E-state index contributed by atoms with van der Waals surface area (Å²) in [5.41, 5.74) is 0. The Kier molecular flexibility index (Phi) is 6.40. The van der Waals surface area contributed by atoms with Crippen molar-refractivity contribution < 1.29 is 4.79 Å². The van der Waals surface area contributed by atoms with Crippen molar-refractivity contribution in [1.82, 2.24) is 4.90 Å². The molecule has 4 heteroatoms. The third-order valence-corrected chi connectivity index (χ3v) is 4.40. The molecule has 0 saturated carbocycles. The maximum Gasteiger partial charge on any atom is 0.236 e. The molecule has 0 heterocycles. The van der Waals surface area contributed by atoms with Crippen molar-refractivity contribution in [2.24, 2.45) is 0 Å². The van der Waals surface area contributed by atoms with Gasteiger partial charge in [0.25, 0.3) is 0 Å². The number of amides is 1. The van der Waals surface area contributed by atoms with Gasteiger partial charge in [0.05, 0.1) is 5.25 Å². The van der Waals surface area contributed by atoms with Gasteiger partial charge < -0.3 is 4.90 Å². The summed E-state index contributed by atoms with van der Waals surface area (Å²) in [5, 5.41) is -0.0703. The molecule has 1 aromatic carbocycles. The van der Waals surface area contributed by atoms with E-state index < -0.39 is 0 Å². The molecule has 1 unspecified atom stereocenters. The minimum Gasteiger partial charge on any atom is -0.337 e. The van der Waals surface area contributed by atoms with Gasteiger partial charge in [0, 0.05) is 21.5 Å². The van der Waals surface area contributed by atoms with Gasteiger partial charge in [0.15, 0.2) is 0 Å². The number of rotatable bonds is 5. The van der Waals surface area contributed by atoms with Gasteiger partial charge >= 0.3 is 0 Å². The average Bonchev–Trinajstić information content (AvgIpc) is 2.27. The second-order valence-electron chi connectivity index (χ2n) is 5.15. The van der Waals surface area contributed by atoms with E-state index in [9.17, 15) is 4.79 Å². The molecule has 2 nitrogen and oxygen atoms in total. The molecule has 19 heavy (non-hydrogen) atoms. The van der Waals surface area contributed by atoms with Crippen LogP contribution in [0.15, 0.2) is 33.6 Å². The van der Waals surface area contributed by atoms with Gasteiger partial charge in [-0.05, 0) is 52.8 Å². The number of halogens is 1. The number of benzene rings is 1. The van der Waals surface area contributed by atoms with Crippen LogP contribution in [0.4, 0.5) is 0 Å². The van der Waals surface area contributed by atoms with Crippen molar-refractivity contribution in [3.05, 3.63) is 28.7 Å². The third-order valence-electron chi connectivity index (χ3n) is 2.82. The Morgan fingerprint density at radius 3 is 2.21 bits per heavy atom. The summed E-state index contributed by atoms with van der Waals surface area (Å²) in [7, 11) is 0. The molecule has 1 amide bonds. The third kappa shape index (κ3) is 4.84. The van der Waals surface area contributed by atoms with Gasteiger partial charge in [-0.1, -0.05) is 22.0 Å². The monoisotopic (exact) mass is 343 g/mol. The Labute approximate surface area is 129 Å². The van der Waals surface area contributed by atoms with E-state index in [4.69, 9.17) is 0 Å². The van der Waals surface area contributed by atoms with Gasteiger partial charge in [0.1, 0.15) is 0 Å². The van der Waals surface area contributed by atoms with Crippen LogP contribution in [0.5, 0.6) is 0 Å². The first-order chi connectivity index (χ1) is 8.82. The quantitative estimate of drug-likeness (QED) is 0.729. The van der Waals surface area contributed by atoms with Gasteiger partial charge in [-0.15, -0.1) is 11.8 Å². The summed E-state index contributed by atoms with van der Waals surface area (Å²) in [5.74, 6) is 0.204. The zero-order valence-electron chi connectivity index (χ0n) is 12.2. The van der Waals surface area contributed by atoms with Crippen molar-refractivity contribution in [1.29, 1.82) is 0 Å². The Balaban J connectivity index is 2.76. The van der Waals surface area contributed by atoms with E-state index in [1.54, 1.807) is 11.8 Å². The van der Waals surface area contributed by atoms with Crippen molar-refractivity contribution in [2.45, 2.75) is 56.8 Å². The lowest BCUT2D eigenvalue weighted by atomic mass is 10.2. The van der Waals surface area contributed by atoms with E-state index in [2.05, 4.69) is 43.6 Å². The SMILES string of the molecule is CC(Sc1cccc(Br)c1)C(=O)N(C(C)C)C(C)C. The molecule has 0 aliphatic rings. The van der Waals surface area contributed by atoms with Gasteiger partial charge in [0.2, 0.25) is 5.91 Å². The lowest BCUT2D eigenvalue weighted by Crippen LogP contribution is -2.45. The maximum atomic E-state index is 12.5. The van der Waals surface area contributed by atoms with Crippen LogP contribution in [0.1, 0.15) is 34.6 Å². The van der Waals surface area contributed by atoms with Crippen LogP contribution in [0.2, 0.25) is 0 Å². The maximum absolute atomic E-state index is 12.5. The summed E-state index contributed by atoms with van der Waals surface area (Å²) < 4.78 is 1.04. The normalized spacial score (nSPS) is 12.8. The summed E-state index contributed by atoms with van der Waals surface area (Å²) >= 11 is 5.06. The molecule has 0 N–H and O–H groups in total. The van der Waals surface area contributed by atoms with E-state index in [1.165, 1.54) is 0 Å². The van der Waals surface area contributed by atoms with Crippen molar-refractivity contribution in [2.75, 3.05) is 0 Å². The highest BCUT2D eigenvalue weighted by Crippen LogP contribution is 2.27. The van der Waals surface area contributed by atoms with Crippen molar-refractivity contribution in [3.63, 3.8) is 0 Å². The highest BCUT2D eigenvalue weighted by Gasteiger charge is 2.25. The summed E-state index contributed by atoms with van der Waals surface area (Å²) in [6, 6.07) is 8.53. The predicted molar refractivity (Wildman–Crippen MR) is 86.6 cm³/mol. The van der Waals surface area contributed by atoms with E-state index >= 15 is 0 Å². The molecule has 1 atom stereocenters. The van der Waals surface area contributed by atoms with E-state index in [1.807, 2.05) is 36.1 Å². The van der Waals surface area contributed by atoms with E-state index in [0.717, 1.165) is 9.37 Å². The number of hydrogen-bond donors (Lipinski definition) is 0. The van der Waals surface area contributed by atoms with Gasteiger partial charge in [-0.2, -0.15) is 0 Å². The molecular formula is C15H22BrNOS. The Morgan fingerprint density at radius 1 is 1.16 bits per heavy atom. The smallest absolute Gasteiger partial charge is 0.236 e. The number of carbonyl (C=O) groups excluding carboxylic acids is 1. The summed E-state index contributed by atoms with van der Waals surface area (Å²) in [4.78, 5) is 15.6. The predicted octanol–water partition coefficient (Wildman–Crippen LogP) is 4.58. The minimum atomic E-state index is -0.0703. The number of carbonyl (C=O) groups is 1. The highest BCUT2D eigenvalue weighted by atomic mass is 79.9. The fraction of sp³-hybridized carbons (Fsp3) is 0.533. The standard InChI is InChI=1S/C15H22BrNOS/c1-10(2)17(11(3)4)15(18)12(5)19-14-8-6-7-13(16)9-14/h6-12H,1-5H3. The van der Waals surface area contributed by atoms with Crippen molar-refractivity contribution >= 4 is 33.6 Å². The van der Waals surface area contributed by atoms with Gasteiger partial charge in [-0.25, -0.2) is 0 Å². The average molecular weight is 344 g/mol. The Bertz CT molecular complexity index is 426. The first-order valence-corrected chi connectivity index (χ1v) is 8.24. The largest absolute Gasteiger partial charge is 0.337 e. The van der Waals surface area contributed by atoms with Crippen LogP contribution < -0.4 is 0 Å². The molecule has 1 aromatic rings. The van der Waals surface area contributed by atoms with Crippen LogP contribution in [0.3, 0.4) is 0 Å². The molecule has 0 fully saturated rings. The molecular weight excluding hydrogens is 322 g/mol. The topological polar surface area (TPSA) is 20.3 Å². The lowest BCUT2D eigenvalue weighted by molar-refractivity contribution is -0.133. The second-order valence-corrected chi connectivity index (χ2v) is 7.48.